The number of hydrogen-bond acceptors (Lipinski definition) is 7. The highest BCUT2D eigenvalue weighted by Gasteiger charge is 2.33. The summed E-state index contributed by atoms with van der Waals surface area (Å²) in [6, 6.07) is -4.79. The van der Waals surface area contributed by atoms with Crippen LogP contribution in [0.5, 0.6) is 0 Å². The maximum absolute atomic E-state index is 12.8. The smallest absolute Gasteiger partial charge is 0.328 e. The second-order valence-electron chi connectivity index (χ2n) is 8.60. The normalized spacial score (nSPS) is 15.9. The predicted molar refractivity (Wildman–Crippen MR) is 116 cm³/mol. The van der Waals surface area contributed by atoms with E-state index in [1.54, 1.807) is 13.8 Å². The molecule has 5 atom stereocenters. The van der Waals surface area contributed by atoms with Crippen molar-refractivity contribution in [2.45, 2.75) is 84.2 Å². The van der Waals surface area contributed by atoms with E-state index >= 15 is 0 Å². The highest BCUT2D eigenvalue weighted by atomic mass is 16.4. The molecule has 0 rings (SSSR count). The van der Waals surface area contributed by atoms with E-state index in [0.717, 1.165) is 0 Å². The van der Waals surface area contributed by atoms with Crippen molar-refractivity contribution >= 4 is 29.6 Å². The number of carboxylic acid groups (broad SMARTS) is 1. The Hall–Kier alpha value is -2.73. The fourth-order valence-corrected chi connectivity index (χ4v) is 2.87. The highest BCUT2D eigenvalue weighted by Crippen LogP contribution is 2.08. The van der Waals surface area contributed by atoms with Gasteiger partial charge in [0.05, 0.1) is 12.1 Å². The average molecular weight is 460 g/mol. The lowest BCUT2D eigenvalue weighted by molar-refractivity contribution is -0.145. The molecule has 32 heavy (non-hydrogen) atoms. The molecule has 0 aliphatic heterocycles. The molecule has 0 saturated carbocycles. The van der Waals surface area contributed by atoms with E-state index in [4.69, 9.17) is 16.6 Å². The standard InChI is InChI=1S/C20H37N5O7/c1-9(2)8-12(21)17(28)23-13(6-7-14(22)27)18(29)24-15(10(3)4)19(30)25-16(11(5)26)20(31)32/h9-13,15-16,26H,6-8,21H2,1-5H3,(H2,22,27)(H,23,28)(H,24,29)(H,25,30)(H,31,32). The molecular formula is C20H37N5O7. The monoisotopic (exact) mass is 459 g/mol. The van der Waals surface area contributed by atoms with Crippen molar-refractivity contribution in [3.8, 4) is 0 Å². The maximum Gasteiger partial charge on any atom is 0.328 e. The summed E-state index contributed by atoms with van der Waals surface area (Å²) in [5.41, 5.74) is 11.0. The van der Waals surface area contributed by atoms with Gasteiger partial charge in [0.15, 0.2) is 6.04 Å². The second-order valence-corrected chi connectivity index (χ2v) is 8.60. The molecule has 0 radical (unpaired) electrons. The molecule has 0 fully saturated rings. The van der Waals surface area contributed by atoms with E-state index in [9.17, 15) is 29.1 Å². The van der Waals surface area contributed by atoms with Crippen LogP contribution in [0.15, 0.2) is 0 Å². The first-order valence-electron chi connectivity index (χ1n) is 10.5. The van der Waals surface area contributed by atoms with Crippen LogP contribution in [-0.2, 0) is 24.0 Å². The van der Waals surface area contributed by atoms with Crippen LogP contribution < -0.4 is 27.4 Å². The van der Waals surface area contributed by atoms with E-state index in [2.05, 4.69) is 16.0 Å². The number of carboxylic acids is 1. The van der Waals surface area contributed by atoms with E-state index in [0.29, 0.717) is 6.42 Å². The molecular weight excluding hydrogens is 422 g/mol. The Bertz CT molecular complexity index is 681. The van der Waals surface area contributed by atoms with Gasteiger partial charge in [-0.2, -0.15) is 0 Å². The molecule has 0 aromatic carbocycles. The number of aliphatic hydroxyl groups excluding tert-OH is 1. The fraction of sp³-hybridized carbons (Fsp3) is 0.750. The molecule has 0 aromatic rings. The van der Waals surface area contributed by atoms with Gasteiger partial charge in [0.1, 0.15) is 12.1 Å². The van der Waals surface area contributed by atoms with Crippen molar-refractivity contribution in [2.75, 3.05) is 0 Å². The van der Waals surface area contributed by atoms with Crippen LogP contribution in [0, 0.1) is 11.8 Å². The van der Waals surface area contributed by atoms with Gasteiger partial charge in [0, 0.05) is 6.42 Å². The van der Waals surface area contributed by atoms with Gasteiger partial charge in [-0.05, 0) is 31.6 Å². The van der Waals surface area contributed by atoms with Crippen molar-refractivity contribution in [1.29, 1.82) is 0 Å². The van der Waals surface area contributed by atoms with Crippen LogP contribution in [0.3, 0.4) is 0 Å². The van der Waals surface area contributed by atoms with Gasteiger partial charge in [-0.25, -0.2) is 4.79 Å². The summed E-state index contributed by atoms with van der Waals surface area (Å²) in [5, 5.41) is 25.9. The lowest BCUT2D eigenvalue weighted by Gasteiger charge is -2.27. The largest absolute Gasteiger partial charge is 0.480 e. The topological polar surface area (TPSA) is 214 Å². The van der Waals surface area contributed by atoms with Crippen molar-refractivity contribution in [3.05, 3.63) is 0 Å². The maximum atomic E-state index is 12.8. The quantitative estimate of drug-likeness (QED) is 0.157. The number of hydrogen-bond donors (Lipinski definition) is 7. The average Bonchev–Trinajstić information content (AvgIpc) is 2.65. The van der Waals surface area contributed by atoms with Crippen LogP contribution >= 0.6 is 0 Å². The van der Waals surface area contributed by atoms with E-state index < -0.39 is 65.8 Å². The van der Waals surface area contributed by atoms with Gasteiger partial charge in [-0.3, -0.25) is 19.2 Å². The number of carbonyl (C=O) groups is 5. The first-order valence-corrected chi connectivity index (χ1v) is 10.5. The number of primary amides is 1. The number of aliphatic hydroxyl groups is 1. The Balaban J connectivity index is 5.47. The molecule has 184 valence electrons. The minimum absolute atomic E-state index is 0.112. The molecule has 4 amide bonds. The van der Waals surface area contributed by atoms with Crippen molar-refractivity contribution in [3.63, 3.8) is 0 Å². The summed E-state index contributed by atoms with van der Waals surface area (Å²) < 4.78 is 0. The van der Waals surface area contributed by atoms with Crippen LogP contribution in [0.25, 0.3) is 0 Å². The zero-order chi connectivity index (χ0) is 25.2. The van der Waals surface area contributed by atoms with Gasteiger partial charge in [0.25, 0.3) is 0 Å². The lowest BCUT2D eigenvalue weighted by Crippen LogP contribution is -2.59. The molecule has 0 bridgehead atoms. The third kappa shape index (κ3) is 10.5. The van der Waals surface area contributed by atoms with Gasteiger partial charge in [-0.1, -0.05) is 27.7 Å². The van der Waals surface area contributed by atoms with Crippen molar-refractivity contribution < 1.29 is 34.2 Å². The molecule has 0 aromatic heterocycles. The molecule has 0 aliphatic carbocycles. The lowest BCUT2D eigenvalue weighted by atomic mass is 10.0. The summed E-state index contributed by atoms with van der Waals surface area (Å²) in [6.45, 7) is 8.22. The molecule has 0 spiro atoms. The Morgan fingerprint density at radius 3 is 1.78 bits per heavy atom. The summed E-state index contributed by atoms with van der Waals surface area (Å²) in [7, 11) is 0. The Kier molecular flexibility index (Phi) is 12.5. The fourth-order valence-electron chi connectivity index (χ4n) is 2.87. The van der Waals surface area contributed by atoms with Crippen LogP contribution in [-0.4, -0.2) is 70.1 Å². The number of nitrogens with two attached hydrogens (primary N) is 2. The van der Waals surface area contributed by atoms with E-state index in [1.807, 2.05) is 13.8 Å². The number of rotatable bonds is 14. The Morgan fingerprint density at radius 2 is 1.38 bits per heavy atom. The summed E-state index contributed by atoms with van der Waals surface area (Å²) in [6.07, 6.45) is -1.30. The summed E-state index contributed by atoms with van der Waals surface area (Å²) >= 11 is 0. The van der Waals surface area contributed by atoms with Gasteiger partial charge < -0.3 is 37.6 Å². The first kappa shape index (κ1) is 29.3. The zero-order valence-corrected chi connectivity index (χ0v) is 19.3. The molecule has 12 heteroatoms. The van der Waals surface area contributed by atoms with E-state index in [1.165, 1.54) is 6.92 Å². The van der Waals surface area contributed by atoms with E-state index in [-0.39, 0.29) is 18.8 Å². The molecule has 9 N–H and O–H groups in total. The molecule has 0 aliphatic rings. The Labute approximate surface area is 187 Å². The van der Waals surface area contributed by atoms with Crippen molar-refractivity contribution in [1.82, 2.24) is 16.0 Å². The SMILES string of the molecule is CC(C)CC(N)C(=O)NC(CCC(N)=O)C(=O)NC(C(=O)NC(C(=O)O)C(C)O)C(C)C. The Morgan fingerprint density at radius 1 is 0.844 bits per heavy atom. The van der Waals surface area contributed by atoms with Crippen LogP contribution in [0.2, 0.25) is 0 Å². The summed E-state index contributed by atoms with van der Waals surface area (Å²) in [5.74, 6) is -4.60. The minimum Gasteiger partial charge on any atom is -0.480 e. The number of aliphatic carboxylic acids is 1. The second kappa shape index (κ2) is 13.6. The third-order valence-electron chi connectivity index (χ3n) is 4.67. The number of nitrogens with one attached hydrogen (secondary N) is 3. The number of amides is 4. The molecule has 12 nitrogen and oxygen atoms in total. The van der Waals surface area contributed by atoms with Crippen LogP contribution in [0.1, 0.15) is 53.9 Å². The predicted octanol–water partition coefficient (Wildman–Crippen LogP) is -1.80. The zero-order valence-electron chi connectivity index (χ0n) is 19.3. The van der Waals surface area contributed by atoms with Crippen LogP contribution in [0.4, 0.5) is 0 Å². The van der Waals surface area contributed by atoms with Gasteiger partial charge in [0.2, 0.25) is 23.6 Å². The van der Waals surface area contributed by atoms with Gasteiger partial charge in [-0.15, -0.1) is 0 Å². The highest BCUT2D eigenvalue weighted by molar-refractivity contribution is 5.94. The molecule has 5 unspecified atom stereocenters. The minimum atomic E-state index is -1.57. The summed E-state index contributed by atoms with van der Waals surface area (Å²) in [4.78, 5) is 60.3. The van der Waals surface area contributed by atoms with Crippen molar-refractivity contribution in [2.24, 2.45) is 23.3 Å². The molecule has 0 saturated heterocycles. The van der Waals surface area contributed by atoms with Gasteiger partial charge >= 0.3 is 5.97 Å². The molecule has 0 heterocycles. The first-order chi connectivity index (χ1) is 14.7. The third-order valence-corrected chi connectivity index (χ3v) is 4.67. The number of carbonyl (C=O) groups excluding carboxylic acids is 4.